The van der Waals surface area contributed by atoms with Gasteiger partial charge < -0.3 is 24.2 Å². The molecule has 1 aliphatic rings. The van der Waals surface area contributed by atoms with Crippen LogP contribution in [-0.4, -0.2) is 31.8 Å². The lowest BCUT2D eigenvalue weighted by Crippen LogP contribution is -2.26. The summed E-state index contributed by atoms with van der Waals surface area (Å²) < 4.78 is 47.3. The van der Waals surface area contributed by atoms with E-state index in [1.165, 1.54) is 18.2 Å². The summed E-state index contributed by atoms with van der Waals surface area (Å²) in [6.45, 7) is -3.44. The Bertz CT molecular complexity index is 1270. The molecule has 38 heavy (non-hydrogen) atoms. The second-order valence-corrected chi connectivity index (χ2v) is 10.1. The molecule has 2 heterocycles. The second kappa shape index (κ2) is 12.6. The third-order valence-corrected chi connectivity index (χ3v) is 6.99. The van der Waals surface area contributed by atoms with Crippen molar-refractivity contribution < 1.29 is 42.0 Å². The number of halogens is 4. The van der Waals surface area contributed by atoms with Gasteiger partial charge in [-0.1, -0.05) is 35.3 Å². The van der Waals surface area contributed by atoms with Gasteiger partial charge in [0, 0.05) is 12.0 Å². The Labute approximate surface area is 230 Å². The molecule has 8 nitrogen and oxygen atoms in total. The van der Waals surface area contributed by atoms with E-state index in [2.05, 4.69) is 4.74 Å². The molecule has 0 amide bonds. The van der Waals surface area contributed by atoms with Crippen molar-refractivity contribution in [1.29, 1.82) is 0 Å². The Balaban J connectivity index is 1.58. The highest BCUT2D eigenvalue weighted by atomic mass is 35.5. The highest BCUT2D eigenvalue weighted by Gasteiger charge is 2.26. The molecule has 0 saturated heterocycles. The van der Waals surface area contributed by atoms with Crippen LogP contribution >= 0.6 is 34.5 Å². The van der Waals surface area contributed by atoms with Crippen molar-refractivity contribution in [2.75, 3.05) is 13.2 Å². The van der Waals surface area contributed by atoms with Crippen LogP contribution in [0.3, 0.4) is 0 Å². The number of pyridine rings is 1. The molecule has 3 aromatic rings. The number of rotatable bonds is 12. The summed E-state index contributed by atoms with van der Waals surface area (Å²) in [7, 11) is 0. The zero-order valence-electron chi connectivity index (χ0n) is 19.6. The van der Waals surface area contributed by atoms with Crippen molar-refractivity contribution in [2.24, 2.45) is 5.92 Å². The van der Waals surface area contributed by atoms with E-state index < -0.39 is 31.3 Å². The lowest BCUT2D eigenvalue weighted by molar-refractivity contribution is -0.605. The number of nitrogens with zero attached hydrogens (tertiary/aromatic N) is 1. The highest BCUT2D eigenvalue weighted by molar-refractivity contribution is 7.11. The molecular weight excluding hydrogens is 567 g/mol. The fourth-order valence-corrected chi connectivity index (χ4v) is 4.66. The summed E-state index contributed by atoms with van der Waals surface area (Å²) in [5, 5.41) is 13.4. The summed E-state index contributed by atoms with van der Waals surface area (Å²) in [6, 6.07) is 7.35. The van der Waals surface area contributed by atoms with Crippen molar-refractivity contribution in [2.45, 2.75) is 32.0 Å². The summed E-state index contributed by atoms with van der Waals surface area (Å²) in [5.74, 6) is -1.38. The van der Waals surface area contributed by atoms with Crippen molar-refractivity contribution in [3.05, 3.63) is 79.4 Å². The molecule has 13 heteroatoms. The number of esters is 2. The minimum absolute atomic E-state index is 0.0283. The van der Waals surface area contributed by atoms with E-state index in [1.54, 1.807) is 17.5 Å². The van der Waals surface area contributed by atoms with E-state index in [1.807, 2.05) is 0 Å². The highest BCUT2D eigenvalue weighted by Crippen LogP contribution is 2.37. The smallest absolute Gasteiger partial charge is 0.387 e. The van der Waals surface area contributed by atoms with Crippen LogP contribution in [0.25, 0.3) is 0 Å². The maximum absolute atomic E-state index is 13.0. The van der Waals surface area contributed by atoms with Gasteiger partial charge >= 0.3 is 18.6 Å². The number of carbonyl (C=O) groups excluding carboxylic acids is 2. The molecular formula is C25H21Cl2F2NO7S. The SMILES string of the molecule is O=C(COC(=O)c1cccs1)OC(Cc1c(Cl)c[n+]([O-])cc1Cl)c1ccc(OC(F)F)c(OCC2CC2)c1. The van der Waals surface area contributed by atoms with E-state index in [0.29, 0.717) is 33.3 Å². The Morgan fingerprint density at radius 3 is 2.50 bits per heavy atom. The third-order valence-electron chi connectivity index (χ3n) is 5.49. The Morgan fingerprint density at radius 2 is 1.87 bits per heavy atom. The number of hydrogen-bond donors (Lipinski definition) is 0. The van der Waals surface area contributed by atoms with E-state index in [4.69, 9.17) is 37.4 Å². The standard InChI is InChI=1S/C25H21Cl2F2NO7S/c26-17-10-30(33)11-18(27)16(17)9-20(36-23(31)13-35-24(32)22-2-1-7-38-22)15-5-6-19(37-25(28)29)21(8-15)34-12-14-3-4-14/h1-2,5-8,10-11,14,20,25H,3-4,9,12-13H2. The molecule has 0 aliphatic heterocycles. The largest absolute Gasteiger partial charge is 0.619 e. The number of hydrogen-bond acceptors (Lipinski definition) is 8. The van der Waals surface area contributed by atoms with Crippen LogP contribution in [0.5, 0.6) is 11.5 Å². The topological polar surface area (TPSA) is 98.0 Å². The minimum atomic E-state index is -3.07. The second-order valence-electron chi connectivity index (χ2n) is 8.37. The third kappa shape index (κ3) is 7.68. The number of aromatic nitrogens is 1. The van der Waals surface area contributed by atoms with Gasteiger partial charge in [-0.2, -0.15) is 13.5 Å². The maximum atomic E-state index is 13.0. The fraction of sp³-hybridized carbons (Fsp3) is 0.320. The predicted molar refractivity (Wildman–Crippen MR) is 134 cm³/mol. The maximum Gasteiger partial charge on any atom is 0.387 e. The quantitative estimate of drug-likeness (QED) is 0.151. The van der Waals surface area contributed by atoms with E-state index >= 15 is 0 Å². The molecule has 0 spiro atoms. The normalized spacial score (nSPS) is 13.7. The molecule has 1 saturated carbocycles. The summed E-state index contributed by atoms with van der Waals surface area (Å²) in [6.07, 6.45) is 2.98. The Hall–Kier alpha value is -3.15. The molecule has 1 fully saturated rings. The molecule has 0 N–H and O–H groups in total. The van der Waals surface area contributed by atoms with Crippen LogP contribution in [0.4, 0.5) is 8.78 Å². The predicted octanol–water partition coefficient (Wildman–Crippen LogP) is 5.76. The molecule has 2 aromatic heterocycles. The first-order chi connectivity index (χ1) is 18.2. The van der Waals surface area contributed by atoms with Gasteiger partial charge in [0.2, 0.25) is 0 Å². The van der Waals surface area contributed by atoms with Crippen LogP contribution in [0.1, 0.15) is 39.7 Å². The van der Waals surface area contributed by atoms with Gasteiger partial charge in [0.15, 0.2) is 30.5 Å². The minimum Gasteiger partial charge on any atom is -0.619 e. The van der Waals surface area contributed by atoms with Gasteiger partial charge in [0.1, 0.15) is 21.0 Å². The monoisotopic (exact) mass is 587 g/mol. The summed E-state index contributed by atoms with van der Waals surface area (Å²) in [4.78, 5) is 25.1. The van der Waals surface area contributed by atoms with E-state index in [0.717, 1.165) is 36.6 Å². The number of carbonyl (C=O) groups is 2. The number of ether oxygens (including phenoxy) is 4. The van der Waals surface area contributed by atoms with Gasteiger partial charge in [-0.15, -0.1) is 11.3 Å². The average molecular weight is 588 g/mol. The molecule has 1 atom stereocenters. The molecule has 202 valence electrons. The lowest BCUT2D eigenvalue weighted by Gasteiger charge is -2.21. The van der Waals surface area contributed by atoms with Crippen LogP contribution in [0, 0.1) is 11.1 Å². The first-order valence-electron chi connectivity index (χ1n) is 11.4. The fourth-order valence-electron chi connectivity index (χ4n) is 3.44. The zero-order chi connectivity index (χ0) is 27.2. The van der Waals surface area contributed by atoms with Crippen molar-refractivity contribution in [3.8, 4) is 11.5 Å². The van der Waals surface area contributed by atoms with Gasteiger partial charge in [0.25, 0.3) is 0 Å². The van der Waals surface area contributed by atoms with Gasteiger partial charge in [-0.05, 0) is 47.9 Å². The number of thiophene rings is 1. The van der Waals surface area contributed by atoms with Crippen molar-refractivity contribution >= 4 is 46.5 Å². The van der Waals surface area contributed by atoms with Crippen LogP contribution < -0.4 is 14.2 Å². The molecule has 0 radical (unpaired) electrons. The van der Waals surface area contributed by atoms with Crippen LogP contribution in [0.2, 0.25) is 10.0 Å². The molecule has 0 bridgehead atoms. The Morgan fingerprint density at radius 1 is 1.13 bits per heavy atom. The molecule has 1 unspecified atom stereocenters. The summed E-state index contributed by atoms with van der Waals surface area (Å²) >= 11 is 13.6. The van der Waals surface area contributed by atoms with E-state index in [9.17, 15) is 23.6 Å². The van der Waals surface area contributed by atoms with Gasteiger partial charge in [-0.3, -0.25) is 0 Å². The number of alkyl halides is 2. The van der Waals surface area contributed by atoms with E-state index in [-0.39, 0.29) is 28.0 Å². The van der Waals surface area contributed by atoms with Crippen LogP contribution in [0.15, 0.2) is 48.1 Å². The molecule has 1 aliphatic carbocycles. The lowest BCUT2D eigenvalue weighted by atomic mass is 10.0. The first kappa shape index (κ1) is 27.9. The molecule has 1 aromatic carbocycles. The van der Waals surface area contributed by atoms with Gasteiger partial charge in [-0.25, -0.2) is 9.59 Å². The van der Waals surface area contributed by atoms with Crippen LogP contribution in [-0.2, 0) is 20.7 Å². The summed E-state index contributed by atoms with van der Waals surface area (Å²) in [5.41, 5.74) is 0.656. The number of benzene rings is 1. The Kier molecular flexibility index (Phi) is 9.24. The van der Waals surface area contributed by atoms with Gasteiger partial charge in [0.05, 0.1) is 6.61 Å². The average Bonchev–Trinajstić information content (AvgIpc) is 3.52. The molecule has 4 rings (SSSR count). The van der Waals surface area contributed by atoms with Crippen molar-refractivity contribution in [1.82, 2.24) is 0 Å². The zero-order valence-corrected chi connectivity index (χ0v) is 21.9. The first-order valence-corrected chi connectivity index (χ1v) is 13.0. The van der Waals surface area contributed by atoms with Crippen molar-refractivity contribution in [3.63, 3.8) is 0 Å².